The van der Waals surface area contributed by atoms with E-state index in [1.54, 1.807) is 153 Å². The predicted molar refractivity (Wildman–Crippen MR) is 632 cm³/mol. The number of hydrogen-bond acceptors (Lipinski definition) is 14. The van der Waals surface area contributed by atoms with Gasteiger partial charge in [-0.1, -0.05) is 258 Å². The molecule has 14 nitrogen and oxygen atoms in total. The molecule has 0 bridgehead atoms. The molecule has 28 heteroatoms. The van der Waals surface area contributed by atoms with Gasteiger partial charge in [0.2, 0.25) is 0 Å². The summed E-state index contributed by atoms with van der Waals surface area (Å²) in [6, 6.07) is 67.2. The average Bonchev–Trinajstić information content (AvgIpc) is 0.779. The number of phenols is 7. The van der Waals surface area contributed by atoms with Crippen LogP contribution in [0.2, 0.25) is 0 Å². The number of nitrogens with zero attached hydrogens (tertiary/aromatic N) is 7. The Balaban J connectivity index is 0.000000211. The molecule has 0 saturated carbocycles. The Morgan fingerprint density at radius 3 is 0.777 bits per heavy atom. The maximum atomic E-state index is 13.6. The minimum absolute atomic E-state index is 0.00813. The number of aryl methyl sites for hydroxylation is 6. The summed E-state index contributed by atoms with van der Waals surface area (Å²) in [5.74, 6) is 0.195. The van der Waals surface area contributed by atoms with Crippen LogP contribution in [-0.2, 0) is 21.7 Å². The van der Waals surface area contributed by atoms with Gasteiger partial charge in [0, 0.05) is 180 Å². The Bertz CT molecular complexity index is 7070. The van der Waals surface area contributed by atoms with Crippen molar-refractivity contribution in [2.24, 2.45) is 34.9 Å². The van der Waals surface area contributed by atoms with Gasteiger partial charge in [-0.3, -0.25) is 34.9 Å². The summed E-state index contributed by atoms with van der Waals surface area (Å²) in [5, 5.41) is 84.7. The third kappa shape index (κ3) is 36.7. The summed E-state index contributed by atoms with van der Waals surface area (Å²) in [5.41, 5.74) is 15.1. The summed E-state index contributed by atoms with van der Waals surface area (Å²) < 4.78 is 93.5. The van der Waals surface area contributed by atoms with Crippen molar-refractivity contribution in [3.8, 4) is 40.2 Å². The molecule has 7 unspecified atom stereocenters. The van der Waals surface area contributed by atoms with Crippen LogP contribution < -0.4 is 74.3 Å². The van der Waals surface area contributed by atoms with Crippen LogP contribution in [0.15, 0.2) is 272 Å². The Morgan fingerprint density at radius 2 is 0.453 bits per heavy atom. The van der Waals surface area contributed by atoms with E-state index in [0.29, 0.717) is 28.7 Å². The number of hydrogen-bond donors (Lipinski definition) is 7. The standard InChI is InChI=1S/C22H29FNOP.2C19H23FNOP.C16H17FNOP.2C15H15FNOP.C14H13FNOP/c1-21(2,3)15-11-17(22(4,5)6)20(25)19(12-15)26-18-9-8-16(23)10-14(18)13-24-7;1-12-8-14(19(2,3)4)10-17(18(12)22)23-16-7-6-15(20)9-13(16)11-21-5;1-12-8-15(19(2,3)4)18(22)17(9-12)23-16-7-6-14(20)10-13(16)11-21-5;1-10-6-11(2)16(19)15(7-10)20-14-5-4-13(17)8-12(14)9-18-3;1-10-3-5-13(18)15(7-10)19-14-6-4-12(16)8-11(14)9-17-2;1-10-4-3-5-14(15(10)18)19-13-7-6-12(16)8-11(13)9-17-2;1-16-9-10-8-11(15)6-7-13(10)18-14-5-3-2-4-12(14)17/h8-13,25-26H,1-7H3;2*6-11,22-23H,1-5H3;4-9,19-20H,1-3H3;2*3-9,18-19H,1-2H3;2-9,17-18H,1H3. The van der Waals surface area contributed by atoms with Gasteiger partial charge in [-0.05, 0) is 267 Å². The number of aliphatic imine (C=N–C) groups is 7. The van der Waals surface area contributed by atoms with Crippen LogP contribution in [0, 0.1) is 82.3 Å². The van der Waals surface area contributed by atoms with E-state index in [-0.39, 0.29) is 134 Å². The second kappa shape index (κ2) is 56.5. The Hall–Kier alpha value is -12.1. The van der Waals surface area contributed by atoms with Gasteiger partial charge in [0.1, 0.15) is 81.0 Å². The minimum Gasteiger partial charge on any atom is -0.507 e. The van der Waals surface area contributed by atoms with Crippen molar-refractivity contribution >= 4 is 178 Å². The first kappa shape index (κ1) is 121. The van der Waals surface area contributed by atoms with E-state index in [4.69, 9.17) is 0 Å². The smallest absolute Gasteiger partial charge is 0.127 e. The highest BCUT2D eigenvalue weighted by molar-refractivity contribution is 7.58. The molecule has 0 spiro atoms. The summed E-state index contributed by atoms with van der Waals surface area (Å²) in [6.07, 6.45) is 11.5. The zero-order valence-corrected chi connectivity index (χ0v) is 95.5. The van der Waals surface area contributed by atoms with E-state index in [0.717, 1.165) is 158 Å². The first-order chi connectivity index (χ1) is 69.8. The highest BCUT2D eigenvalue weighted by atomic mass is 31.1. The molecule has 0 fully saturated rings. The highest BCUT2D eigenvalue weighted by Crippen LogP contribution is 2.39. The molecule has 0 saturated heterocycles. The number of halogens is 7. The first-order valence-corrected chi connectivity index (χ1v) is 54.4. The van der Waals surface area contributed by atoms with Crippen molar-refractivity contribution < 1.29 is 66.5 Å². The molecule has 0 aliphatic carbocycles. The summed E-state index contributed by atoms with van der Waals surface area (Å²) >= 11 is 0. The molecular formula is C120H135F7N7O7P7. The second-order valence-electron chi connectivity index (χ2n) is 39.0. The first-order valence-electron chi connectivity index (χ1n) is 47.4. The van der Waals surface area contributed by atoms with Crippen molar-refractivity contribution in [3.63, 3.8) is 0 Å². The lowest BCUT2D eigenvalue weighted by molar-refractivity contribution is 0.448. The van der Waals surface area contributed by atoms with Crippen molar-refractivity contribution in [3.05, 3.63) is 372 Å². The van der Waals surface area contributed by atoms with Gasteiger partial charge >= 0.3 is 0 Å². The SMILES string of the molecule is CN=Cc1cc(F)ccc1Pc1cc(C(C)(C)C)cc(C(C)(C)C)c1O.CN=Cc1cc(F)ccc1Pc1cc(C(C)(C)C)cc(C)c1O.CN=Cc1cc(F)ccc1Pc1cc(C)cc(C(C)(C)C)c1O.CN=Cc1cc(F)ccc1Pc1cc(C)cc(C)c1O.CN=Cc1cc(F)ccc1Pc1cc(C)ccc1O.CN=Cc1cc(F)ccc1Pc1cccc(C)c1O.CN=Cc1cc(F)ccc1Pc1ccccc1O. The van der Waals surface area contributed by atoms with Crippen molar-refractivity contribution in [2.45, 2.75) is 146 Å². The van der Waals surface area contributed by atoms with Crippen LogP contribution >= 0.6 is 60.1 Å². The molecule has 0 aromatic heterocycles. The molecule has 0 aliphatic rings. The summed E-state index contributed by atoms with van der Waals surface area (Å²) in [4.78, 5) is 27.8. The molecule has 148 heavy (non-hydrogen) atoms. The summed E-state index contributed by atoms with van der Waals surface area (Å²) in [6.45, 7) is 37.2. The van der Waals surface area contributed by atoms with E-state index < -0.39 is 0 Å². The van der Waals surface area contributed by atoms with E-state index in [1.807, 2.05) is 114 Å². The third-order valence-corrected chi connectivity index (χ3v) is 32.3. The lowest BCUT2D eigenvalue weighted by Gasteiger charge is -2.27. The largest absolute Gasteiger partial charge is 0.507 e. The summed E-state index contributed by atoms with van der Waals surface area (Å²) in [7, 11) is 13.4. The van der Waals surface area contributed by atoms with Crippen molar-refractivity contribution in [1.82, 2.24) is 0 Å². The van der Waals surface area contributed by atoms with Crippen LogP contribution in [0.1, 0.15) is 178 Å². The number of benzene rings is 14. The molecule has 0 amide bonds. The normalized spacial score (nSPS) is 12.3. The quantitative estimate of drug-likeness (QED) is 0.0209. The highest BCUT2D eigenvalue weighted by Gasteiger charge is 2.28. The fourth-order valence-electron chi connectivity index (χ4n) is 14.9. The topological polar surface area (TPSA) is 228 Å². The molecule has 0 radical (unpaired) electrons. The van der Waals surface area contributed by atoms with Crippen molar-refractivity contribution in [2.75, 3.05) is 49.3 Å². The average molecular weight is 2140 g/mol. The van der Waals surface area contributed by atoms with E-state index in [2.05, 4.69) is 136 Å². The second-order valence-corrected chi connectivity index (χ2v) is 48.3. The van der Waals surface area contributed by atoms with E-state index in [9.17, 15) is 66.5 Å². The number of aromatic hydroxyl groups is 7. The Morgan fingerprint density at radius 1 is 0.203 bits per heavy atom. The van der Waals surface area contributed by atoms with Gasteiger partial charge in [-0.25, -0.2) is 30.7 Å². The molecule has 776 valence electrons. The van der Waals surface area contributed by atoms with Crippen LogP contribution in [0.4, 0.5) is 30.7 Å². The number of rotatable bonds is 21. The molecule has 14 aromatic rings. The fraction of sp³-hybridized carbons (Fsp3) is 0.242. The molecule has 7 atom stereocenters. The molecular weight excluding hydrogens is 2000 g/mol. The molecule has 14 rings (SSSR count). The van der Waals surface area contributed by atoms with Gasteiger partial charge in [-0.2, -0.15) is 0 Å². The van der Waals surface area contributed by atoms with Crippen LogP contribution in [-0.4, -0.2) is 129 Å². The van der Waals surface area contributed by atoms with Crippen LogP contribution in [0.5, 0.6) is 40.2 Å². The Kier molecular flexibility index (Phi) is 46.2. The number of phenolic OH excluding ortho intramolecular Hbond substituents is 7. The monoisotopic (exact) mass is 2140 g/mol. The van der Waals surface area contributed by atoms with Gasteiger partial charge in [0.05, 0.1) is 0 Å². The van der Waals surface area contributed by atoms with Gasteiger partial charge in [-0.15, -0.1) is 0 Å². The van der Waals surface area contributed by atoms with Gasteiger partial charge < -0.3 is 35.7 Å². The zero-order chi connectivity index (χ0) is 109. The van der Waals surface area contributed by atoms with Gasteiger partial charge in [0.15, 0.2) is 0 Å². The maximum absolute atomic E-state index is 13.6. The molecule has 14 aromatic carbocycles. The molecule has 0 heterocycles. The Labute approximate surface area is 881 Å². The predicted octanol–water partition coefficient (Wildman–Crippen LogP) is 22.5. The van der Waals surface area contributed by atoms with Crippen LogP contribution in [0.25, 0.3) is 0 Å². The van der Waals surface area contributed by atoms with E-state index >= 15 is 0 Å². The third-order valence-electron chi connectivity index (χ3n) is 22.6. The number of para-hydroxylation sites is 2. The fourth-order valence-corrected chi connectivity index (χ4v) is 23.7. The van der Waals surface area contributed by atoms with E-state index in [1.165, 1.54) is 96.1 Å². The van der Waals surface area contributed by atoms with Crippen molar-refractivity contribution in [1.29, 1.82) is 0 Å². The molecule has 7 N–H and O–H groups in total. The lowest BCUT2D eigenvalue weighted by Crippen LogP contribution is -2.21. The maximum Gasteiger partial charge on any atom is 0.127 e. The minimum atomic E-state index is -0.282. The lowest BCUT2D eigenvalue weighted by atomic mass is 9.80. The van der Waals surface area contributed by atoms with Gasteiger partial charge in [0.25, 0.3) is 0 Å². The van der Waals surface area contributed by atoms with Crippen LogP contribution in [0.3, 0.4) is 0 Å². The molecule has 0 aliphatic heterocycles. The zero-order valence-electron chi connectivity index (χ0n) is 88.5.